The van der Waals surface area contributed by atoms with Crippen LogP contribution in [0.25, 0.3) is 0 Å². The van der Waals surface area contributed by atoms with Crippen LogP contribution in [0.2, 0.25) is 0 Å². The lowest BCUT2D eigenvalue weighted by atomic mass is 10.1. The molecule has 0 aromatic carbocycles. The van der Waals surface area contributed by atoms with Gasteiger partial charge in [-0.05, 0) is 33.2 Å². The molecule has 2 heteroatoms. The Labute approximate surface area is 95.8 Å². The molecule has 0 rings (SSSR count). The second-order valence-corrected chi connectivity index (χ2v) is 4.80. The number of hydrogen-bond acceptors (Lipinski definition) is 2. The van der Waals surface area contributed by atoms with E-state index >= 15 is 0 Å². The third-order valence-electron chi connectivity index (χ3n) is 2.32. The summed E-state index contributed by atoms with van der Waals surface area (Å²) in [5.41, 5.74) is 0. The van der Waals surface area contributed by atoms with Gasteiger partial charge in [0.2, 0.25) is 0 Å². The second-order valence-electron chi connectivity index (χ2n) is 4.80. The summed E-state index contributed by atoms with van der Waals surface area (Å²) in [6.07, 6.45) is 6.93. The maximum absolute atomic E-state index is 5.49. The number of rotatable bonds is 10. The predicted octanol–water partition coefficient (Wildman–Crippen LogP) is 3.36. The quantitative estimate of drug-likeness (QED) is 0.564. The lowest BCUT2D eigenvalue weighted by Crippen LogP contribution is -2.23. The lowest BCUT2D eigenvalue weighted by molar-refractivity contribution is 0.0757. The van der Waals surface area contributed by atoms with Gasteiger partial charge in [0.25, 0.3) is 0 Å². The number of nitrogens with one attached hydrogen (secondary N) is 1. The minimum atomic E-state index is 0.389. The molecule has 0 aliphatic rings. The summed E-state index contributed by atoms with van der Waals surface area (Å²) in [5.74, 6) is 0. The Morgan fingerprint density at radius 2 is 1.47 bits per heavy atom. The van der Waals surface area contributed by atoms with Gasteiger partial charge in [0, 0.05) is 12.6 Å². The minimum Gasteiger partial charge on any atom is -0.379 e. The molecule has 0 amide bonds. The molecule has 0 atom stereocenters. The predicted molar refractivity (Wildman–Crippen MR) is 67.3 cm³/mol. The van der Waals surface area contributed by atoms with Gasteiger partial charge in [-0.1, -0.05) is 33.1 Å². The van der Waals surface area contributed by atoms with Crippen LogP contribution in [-0.2, 0) is 4.74 Å². The van der Waals surface area contributed by atoms with E-state index in [-0.39, 0.29) is 0 Å². The van der Waals surface area contributed by atoms with Crippen molar-refractivity contribution in [3.8, 4) is 0 Å². The third-order valence-corrected chi connectivity index (χ3v) is 2.32. The molecule has 0 saturated heterocycles. The lowest BCUT2D eigenvalue weighted by Gasteiger charge is -2.08. The van der Waals surface area contributed by atoms with Crippen molar-refractivity contribution in [1.29, 1.82) is 0 Å². The van der Waals surface area contributed by atoms with Gasteiger partial charge in [-0.2, -0.15) is 0 Å². The summed E-state index contributed by atoms with van der Waals surface area (Å²) < 4.78 is 5.49. The van der Waals surface area contributed by atoms with Gasteiger partial charge in [-0.15, -0.1) is 0 Å². The first kappa shape index (κ1) is 14.9. The first-order valence-corrected chi connectivity index (χ1v) is 6.48. The molecule has 0 saturated carbocycles. The first-order valence-electron chi connectivity index (χ1n) is 6.48. The van der Waals surface area contributed by atoms with Crippen molar-refractivity contribution in [3.05, 3.63) is 0 Å². The number of hydrogen-bond donors (Lipinski definition) is 1. The standard InChI is InChI=1S/C13H29NO/c1-12(2)14-10-8-6-5-7-9-11-15-13(3)4/h12-14H,5-11H2,1-4H3. The van der Waals surface area contributed by atoms with Gasteiger partial charge in [-0.25, -0.2) is 0 Å². The molecule has 0 unspecified atom stereocenters. The van der Waals surface area contributed by atoms with Gasteiger partial charge in [0.15, 0.2) is 0 Å². The summed E-state index contributed by atoms with van der Waals surface area (Å²) in [5, 5.41) is 3.44. The van der Waals surface area contributed by atoms with E-state index in [2.05, 4.69) is 33.0 Å². The summed E-state index contributed by atoms with van der Waals surface area (Å²) in [4.78, 5) is 0. The Bertz CT molecular complexity index is 110. The number of ether oxygens (including phenoxy) is 1. The summed E-state index contributed by atoms with van der Waals surface area (Å²) in [6.45, 7) is 10.7. The van der Waals surface area contributed by atoms with Crippen molar-refractivity contribution in [2.45, 2.75) is 71.9 Å². The average Bonchev–Trinajstić information content (AvgIpc) is 2.14. The van der Waals surface area contributed by atoms with Crippen LogP contribution in [0.4, 0.5) is 0 Å². The van der Waals surface area contributed by atoms with Crippen LogP contribution in [0.1, 0.15) is 59.8 Å². The minimum absolute atomic E-state index is 0.389. The van der Waals surface area contributed by atoms with E-state index in [0.29, 0.717) is 12.1 Å². The monoisotopic (exact) mass is 215 g/mol. The van der Waals surface area contributed by atoms with Crippen molar-refractivity contribution in [1.82, 2.24) is 5.32 Å². The maximum atomic E-state index is 5.49. The Kier molecular flexibility index (Phi) is 10.4. The van der Waals surface area contributed by atoms with E-state index in [1.807, 2.05) is 0 Å². The molecular formula is C13H29NO. The maximum Gasteiger partial charge on any atom is 0.0518 e. The van der Waals surface area contributed by atoms with Gasteiger partial charge in [0.1, 0.15) is 0 Å². The smallest absolute Gasteiger partial charge is 0.0518 e. The fourth-order valence-corrected chi connectivity index (χ4v) is 1.47. The molecule has 1 N–H and O–H groups in total. The molecule has 0 aliphatic carbocycles. The molecule has 0 fully saturated rings. The van der Waals surface area contributed by atoms with E-state index in [9.17, 15) is 0 Å². The Balaban J connectivity index is 2.93. The Hall–Kier alpha value is -0.0800. The zero-order valence-corrected chi connectivity index (χ0v) is 11.0. The number of unbranched alkanes of at least 4 members (excludes halogenated alkanes) is 4. The highest BCUT2D eigenvalue weighted by molar-refractivity contribution is 4.53. The van der Waals surface area contributed by atoms with Gasteiger partial charge < -0.3 is 10.1 Å². The van der Waals surface area contributed by atoms with Crippen LogP contribution < -0.4 is 5.32 Å². The third kappa shape index (κ3) is 13.9. The molecule has 0 aliphatic heterocycles. The highest BCUT2D eigenvalue weighted by Gasteiger charge is 1.95. The van der Waals surface area contributed by atoms with Crippen molar-refractivity contribution in [2.75, 3.05) is 13.2 Å². The zero-order valence-electron chi connectivity index (χ0n) is 11.0. The fraction of sp³-hybridized carbons (Fsp3) is 1.00. The van der Waals surface area contributed by atoms with Crippen molar-refractivity contribution < 1.29 is 4.74 Å². The summed E-state index contributed by atoms with van der Waals surface area (Å²) >= 11 is 0. The molecule has 2 nitrogen and oxygen atoms in total. The van der Waals surface area contributed by atoms with Crippen LogP contribution >= 0.6 is 0 Å². The second kappa shape index (κ2) is 10.4. The van der Waals surface area contributed by atoms with E-state index in [4.69, 9.17) is 4.74 Å². The molecule has 92 valence electrons. The molecule has 0 heterocycles. The normalized spacial score (nSPS) is 11.6. The molecule has 0 aromatic heterocycles. The largest absolute Gasteiger partial charge is 0.379 e. The van der Waals surface area contributed by atoms with E-state index in [1.54, 1.807) is 0 Å². The van der Waals surface area contributed by atoms with E-state index in [0.717, 1.165) is 6.61 Å². The van der Waals surface area contributed by atoms with Crippen LogP contribution in [0.3, 0.4) is 0 Å². The average molecular weight is 215 g/mol. The molecule has 15 heavy (non-hydrogen) atoms. The highest BCUT2D eigenvalue weighted by atomic mass is 16.5. The van der Waals surface area contributed by atoms with Crippen molar-refractivity contribution in [3.63, 3.8) is 0 Å². The highest BCUT2D eigenvalue weighted by Crippen LogP contribution is 2.03. The Morgan fingerprint density at radius 3 is 2.07 bits per heavy atom. The van der Waals surface area contributed by atoms with Gasteiger partial charge in [0.05, 0.1) is 6.10 Å². The first-order chi connectivity index (χ1) is 7.13. The molecule has 0 bridgehead atoms. The van der Waals surface area contributed by atoms with Crippen molar-refractivity contribution >= 4 is 0 Å². The zero-order chi connectivity index (χ0) is 11.5. The van der Waals surface area contributed by atoms with E-state index in [1.165, 1.54) is 38.6 Å². The van der Waals surface area contributed by atoms with Crippen molar-refractivity contribution in [2.24, 2.45) is 0 Å². The van der Waals surface area contributed by atoms with Gasteiger partial charge in [-0.3, -0.25) is 0 Å². The summed E-state index contributed by atoms with van der Waals surface area (Å²) in [6, 6.07) is 0.629. The molecule has 0 spiro atoms. The molecule has 0 aromatic rings. The van der Waals surface area contributed by atoms with Crippen LogP contribution in [0.5, 0.6) is 0 Å². The van der Waals surface area contributed by atoms with Gasteiger partial charge >= 0.3 is 0 Å². The fourth-order valence-electron chi connectivity index (χ4n) is 1.47. The SMILES string of the molecule is CC(C)NCCCCCCCOC(C)C. The van der Waals surface area contributed by atoms with Crippen LogP contribution in [-0.4, -0.2) is 25.3 Å². The summed E-state index contributed by atoms with van der Waals surface area (Å²) in [7, 11) is 0. The van der Waals surface area contributed by atoms with E-state index < -0.39 is 0 Å². The Morgan fingerprint density at radius 1 is 0.867 bits per heavy atom. The van der Waals surface area contributed by atoms with Crippen LogP contribution in [0, 0.1) is 0 Å². The molecule has 0 radical (unpaired) electrons. The molecular weight excluding hydrogens is 186 g/mol. The van der Waals surface area contributed by atoms with Crippen LogP contribution in [0.15, 0.2) is 0 Å². The topological polar surface area (TPSA) is 21.3 Å².